The summed E-state index contributed by atoms with van der Waals surface area (Å²) >= 11 is 0. The van der Waals surface area contributed by atoms with Crippen molar-refractivity contribution in [2.75, 3.05) is 33.4 Å². The predicted molar refractivity (Wildman–Crippen MR) is 277 cm³/mol. The molecule has 0 radical (unpaired) electrons. The van der Waals surface area contributed by atoms with Crippen molar-refractivity contribution < 1.29 is 93.4 Å². The van der Waals surface area contributed by atoms with Gasteiger partial charge in [-0.15, -0.1) is 0 Å². The molecule has 21 heteroatoms. The molecule has 2 saturated heterocycles. The van der Waals surface area contributed by atoms with Gasteiger partial charge in [0.15, 0.2) is 16.2 Å². The molecule has 3 saturated carbocycles. The van der Waals surface area contributed by atoms with Crippen molar-refractivity contribution in [3.8, 4) is 0 Å². The van der Waals surface area contributed by atoms with E-state index in [0.717, 1.165) is 19.3 Å². The van der Waals surface area contributed by atoms with Gasteiger partial charge in [-0.2, -0.15) is 8.78 Å². The van der Waals surface area contributed by atoms with Gasteiger partial charge in [0.1, 0.15) is 17.8 Å². The summed E-state index contributed by atoms with van der Waals surface area (Å²) in [7, 11) is -4.55. The molecule has 0 spiro atoms. The van der Waals surface area contributed by atoms with Crippen LogP contribution < -0.4 is 4.90 Å². The molecular weight excluding hydrogens is 1020 g/mol. The number of esters is 7. The molecule has 1 N–H and O–H groups in total. The number of hydrogen-bond donors (Lipinski definition) is 1. The van der Waals surface area contributed by atoms with Crippen molar-refractivity contribution in [2.24, 2.45) is 51.2 Å². The van der Waals surface area contributed by atoms with Gasteiger partial charge in [-0.3, -0.25) is 28.8 Å². The number of alkyl halides is 2. The summed E-state index contributed by atoms with van der Waals surface area (Å²) in [5.74, 6) is -3.62. The van der Waals surface area contributed by atoms with Crippen molar-refractivity contribution in [1.29, 1.82) is 0 Å². The number of halogens is 2. The summed E-state index contributed by atoms with van der Waals surface area (Å²) in [5.41, 5.74) is -2.65. The Hall–Kier alpha value is -3.98. The zero-order chi connectivity index (χ0) is 59.2. The Morgan fingerprint density at radius 3 is 1.54 bits per heavy atom. The minimum Gasteiger partial charge on any atom is -0.743 e. The lowest BCUT2D eigenvalue weighted by molar-refractivity contribution is -0.894. The number of cyclic esters (lactones) is 1. The van der Waals surface area contributed by atoms with Crippen LogP contribution in [0.5, 0.6) is 0 Å². The maximum atomic E-state index is 13.0. The fraction of sp³-hybridized carbons (Fsp3) is 0.873. The third kappa shape index (κ3) is 17.8. The van der Waals surface area contributed by atoms with Gasteiger partial charge in [0.05, 0.1) is 66.8 Å². The molecule has 5 aliphatic rings. The zero-order valence-corrected chi connectivity index (χ0v) is 50.0. The standard InChI is InChI=1S/C16H22O6.C14H26O2.C10H16O4.C9H16F2O5S.C6H15N/c1-5-16(2,3)15(19)22-12-7-6-8-10(9(7)13(17)20-4)14(18)21-11(8)12;1-6-13(4,5)12(15)16-14(11(2)3)9-7-8-10-14;1-4-10(2,3)9(12)14-7-5-6-13-8(7)11;1-5-8(3,4)7(12)16-6(2)9(10,11)17(13,14)15;1-4-7(5-2)6-3/h7-12H,5-6H2,1-4H3;11H,6-10H2,1-5H3;7H,4-6H2,1-3H3;6H,5H2,1-4H3,(H,13,14,15);4-6H2,1-3H3. The SMILES string of the molecule is CCC(C)(C)C(=O)OC(C)C(F)(F)S(=O)(=O)[O-].CCC(C)(C)C(=O)OC1(C(C)C)CCCC1.CCC(C)(C)C(=O)OC1C2CC3C1OC(=O)C3C2C(=O)OC.CCC(C)(C)C(=O)OC1CCOC1=O.CC[NH+](CC)CC. The summed E-state index contributed by atoms with van der Waals surface area (Å²) < 4.78 is 92.8. The van der Waals surface area contributed by atoms with E-state index in [1.54, 1.807) is 25.7 Å². The molecular formula is C55H95F2NO17S. The highest BCUT2D eigenvalue weighted by Crippen LogP contribution is 2.59. The van der Waals surface area contributed by atoms with Gasteiger partial charge in [0.25, 0.3) is 0 Å². The first-order chi connectivity index (χ1) is 34.8. The van der Waals surface area contributed by atoms with E-state index in [-0.39, 0.29) is 46.7 Å². The van der Waals surface area contributed by atoms with Crippen molar-refractivity contribution >= 4 is 51.9 Å². The average molecular weight is 1110 g/mol. The van der Waals surface area contributed by atoms with Crippen LogP contribution in [-0.4, -0.2) is 123 Å². The van der Waals surface area contributed by atoms with Crippen molar-refractivity contribution in [1.82, 2.24) is 0 Å². The van der Waals surface area contributed by atoms with Crippen LogP contribution in [0.1, 0.15) is 189 Å². The monoisotopic (exact) mass is 1110 g/mol. The number of fused-ring (bicyclic) bond motifs is 1. The number of rotatable bonds is 19. The third-order valence-corrected chi connectivity index (χ3v) is 17.5. The lowest BCUT2D eigenvalue weighted by Crippen LogP contribution is -3.11. The van der Waals surface area contributed by atoms with Gasteiger partial charge >= 0.3 is 47.0 Å². The van der Waals surface area contributed by atoms with Crippen LogP contribution in [0.3, 0.4) is 0 Å². The number of quaternary nitrogens is 1. The molecule has 5 rings (SSSR count). The van der Waals surface area contributed by atoms with E-state index in [1.165, 1.54) is 53.4 Å². The first-order valence-corrected chi connectivity index (χ1v) is 28.7. The van der Waals surface area contributed by atoms with Crippen LogP contribution in [0.2, 0.25) is 0 Å². The summed E-state index contributed by atoms with van der Waals surface area (Å²) in [6.07, 6.45) is 4.17. The first-order valence-electron chi connectivity index (χ1n) is 27.3. The third-order valence-electron chi connectivity index (χ3n) is 16.5. The van der Waals surface area contributed by atoms with Crippen LogP contribution >= 0.6 is 0 Å². The van der Waals surface area contributed by atoms with E-state index >= 15 is 0 Å². The molecule has 2 heterocycles. The lowest BCUT2D eigenvalue weighted by atomic mass is 9.78. The molecule has 8 unspecified atom stereocenters. The summed E-state index contributed by atoms with van der Waals surface area (Å²) in [6.45, 7) is 37.5. The molecule has 5 fully saturated rings. The number of carbonyl (C=O) groups excluding carboxylic acids is 7. The van der Waals surface area contributed by atoms with Gasteiger partial charge in [-0.25, -0.2) is 13.2 Å². The second-order valence-corrected chi connectivity index (χ2v) is 24.9. The second-order valence-electron chi connectivity index (χ2n) is 23.4. The molecule has 76 heavy (non-hydrogen) atoms. The largest absolute Gasteiger partial charge is 0.743 e. The van der Waals surface area contributed by atoms with E-state index in [0.29, 0.717) is 51.6 Å². The van der Waals surface area contributed by atoms with Crippen LogP contribution in [-0.2, 0) is 76.8 Å². The molecule has 3 aliphatic carbocycles. The molecule has 0 aromatic rings. The molecule has 0 aromatic carbocycles. The van der Waals surface area contributed by atoms with Crippen molar-refractivity contribution in [3.05, 3.63) is 0 Å². The highest BCUT2D eigenvalue weighted by atomic mass is 32.2. The Morgan fingerprint density at radius 1 is 0.711 bits per heavy atom. The lowest BCUT2D eigenvalue weighted by Gasteiger charge is -2.36. The Morgan fingerprint density at radius 2 is 1.16 bits per heavy atom. The molecule has 0 amide bonds. The summed E-state index contributed by atoms with van der Waals surface area (Å²) in [4.78, 5) is 84.3. The highest BCUT2D eigenvalue weighted by molar-refractivity contribution is 7.86. The minimum absolute atomic E-state index is 0.0226. The normalized spacial score (nSPS) is 23.9. The molecule has 2 aliphatic heterocycles. The van der Waals surface area contributed by atoms with Gasteiger partial charge in [0.2, 0.25) is 6.10 Å². The number of ether oxygens (including phenoxy) is 7. The molecule has 442 valence electrons. The Labute approximate surface area is 452 Å². The topological polar surface area (TPSA) is 246 Å². The summed E-state index contributed by atoms with van der Waals surface area (Å²) in [5, 5.41) is -4.63. The van der Waals surface area contributed by atoms with Gasteiger partial charge in [-0.05, 0) is 147 Å². The van der Waals surface area contributed by atoms with E-state index in [1.807, 2.05) is 48.5 Å². The molecule has 18 nitrogen and oxygen atoms in total. The average Bonchev–Trinajstić information content (AvgIpc) is 4.20. The number of nitrogens with one attached hydrogen (secondary N) is 1. The zero-order valence-electron chi connectivity index (χ0n) is 49.2. The Balaban J connectivity index is 0.000000492. The molecule has 8 atom stereocenters. The smallest absolute Gasteiger partial charge is 0.369 e. The van der Waals surface area contributed by atoms with Crippen LogP contribution in [0.25, 0.3) is 0 Å². The maximum absolute atomic E-state index is 13.0. The van der Waals surface area contributed by atoms with Crippen molar-refractivity contribution in [2.45, 2.75) is 224 Å². The fourth-order valence-corrected chi connectivity index (χ4v) is 9.23. The fourth-order valence-electron chi connectivity index (χ4n) is 8.77. The minimum atomic E-state index is -5.86. The van der Waals surface area contributed by atoms with Gasteiger partial charge < -0.3 is 42.6 Å². The Kier molecular flexibility index (Phi) is 26.5. The molecule has 0 aromatic heterocycles. The van der Waals surface area contributed by atoms with Crippen LogP contribution in [0.4, 0.5) is 8.78 Å². The second kappa shape index (κ2) is 28.8. The van der Waals surface area contributed by atoms with Gasteiger partial charge in [0, 0.05) is 18.3 Å². The van der Waals surface area contributed by atoms with Crippen LogP contribution in [0.15, 0.2) is 0 Å². The predicted octanol–water partition coefficient (Wildman–Crippen LogP) is 7.95. The van der Waals surface area contributed by atoms with E-state index in [2.05, 4.69) is 39.4 Å². The number of methoxy groups -OCH3 is 1. The maximum Gasteiger partial charge on any atom is 0.369 e. The van der Waals surface area contributed by atoms with Crippen LogP contribution in [0, 0.1) is 51.2 Å². The number of hydrogen-bond acceptors (Lipinski definition) is 17. The molecule has 2 bridgehead atoms. The van der Waals surface area contributed by atoms with E-state index in [9.17, 15) is 55.3 Å². The number of carbonyl (C=O) groups is 7. The quantitative estimate of drug-likeness (QED) is 0.0732. The van der Waals surface area contributed by atoms with E-state index in [4.69, 9.17) is 28.4 Å². The first kappa shape index (κ1) is 70.0. The van der Waals surface area contributed by atoms with E-state index < -0.39 is 85.8 Å². The van der Waals surface area contributed by atoms with Crippen molar-refractivity contribution in [3.63, 3.8) is 0 Å². The highest BCUT2D eigenvalue weighted by Gasteiger charge is 2.70. The summed E-state index contributed by atoms with van der Waals surface area (Å²) in [6, 6.07) is 0. The van der Waals surface area contributed by atoms with Gasteiger partial charge in [-0.1, -0.05) is 41.5 Å². The Bertz CT molecular complexity index is 2060.